The number of nitrogens with one attached hydrogen (secondary N) is 1. The molecule has 1 spiro atoms. The van der Waals surface area contributed by atoms with Crippen LogP contribution in [0.5, 0.6) is 0 Å². The summed E-state index contributed by atoms with van der Waals surface area (Å²) in [6.07, 6.45) is 23.1. The number of halogens is 2. The molecule has 1 N–H and O–H groups in total. The number of allylic oxidation sites excluding steroid dienone is 4. The maximum atomic E-state index is 15.3. The van der Waals surface area contributed by atoms with Crippen molar-refractivity contribution >= 4 is 17.3 Å². The summed E-state index contributed by atoms with van der Waals surface area (Å²) >= 11 is 6.39. The molecule has 0 aromatic heterocycles. The standard InChI is InChI=1S/C42H61ClFN/c1-7-11-12-16-32(6)33(14-8-2)20-19-31(5)26-36-27-35-29-40(44)34(15-9-3)28-39(35)42(36)24-22-41(21-10-4,23-25-42)45-38-18-13-17-37(43)30-38/h8,13-14,17-18,28-31,36,45H,7,9-12,15-16,19-27H2,1-6H3/b14-8-,33-32-. The molecule has 3 heteroatoms. The van der Waals surface area contributed by atoms with Crippen LogP contribution in [-0.4, -0.2) is 5.54 Å². The number of aryl methyl sites for hydroxylation is 1. The van der Waals surface area contributed by atoms with Crippen LogP contribution in [0.4, 0.5) is 10.1 Å². The van der Waals surface area contributed by atoms with Crippen molar-refractivity contribution in [3.8, 4) is 0 Å². The molecule has 45 heavy (non-hydrogen) atoms. The van der Waals surface area contributed by atoms with Crippen molar-refractivity contribution < 1.29 is 4.39 Å². The van der Waals surface area contributed by atoms with Crippen molar-refractivity contribution in [1.82, 2.24) is 0 Å². The number of hydrogen-bond donors (Lipinski definition) is 1. The molecule has 1 saturated carbocycles. The molecule has 0 heterocycles. The highest BCUT2D eigenvalue weighted by Crippen LogP contribution is 2.57. The summed E-state index contributed by atoms with van der Waals surface area (Å²) in [5.41, 5.74) is 8.17. The van der Waals surface area contributed by atoms with E-state index in [1.54, 1.807) is 11.1 Å². The number of rotatable bonds is 16. The van der Waals surface area contributed by atoms with E-state index in [-0.39, 0.29) is 16.8 Å². The van der Waals surface area contributed by atoms with Gasteiger partial charge in [-0.05, 0) is 155 Å². The molecule has 0 saturated heterocycles. The van der Waals surface area contributed by atoms with Gasteiger partial charge < -0.3 is 5.32 Å². The molecule has 1 nitrogen and oxygen atoms in total. The zero-order chi connectivity index (χ0) is 32.5. The van der Waals surface area contributed by atoms with Crippen LogP contribution in [0.2, 0.25) is 5.02 Å². The number of hydrogen-bond acceptors (Lipinski definition) is 1. The van der Waals surface area contributed by atoms with Crippen LogP contribution in [0.3, 0.4) is 0 Å². The first-order valence-electron chi connectivity index (χ1n) is 18.4. The first-order valence-corrected chi connectivity index (χ1v) is 18.7. The Bertz CT molecular complexity index is 1300. The van der Waals surface area contributed by atoms with Gasteiger partial charge in [0.05, 0.1) is 0 Å². The molecule has 0 radical (unpaired) electrons. The SMILES string of the molecule is C/C=C\C(CCC(C)CC1Cc2cc(F)c(CCC)cc2C12CCC(CCC)(Nc1cccc(Cl)c1)CC2)=C(/C)CCCCC. The highest BCUT2D eigenvalue weighted by molar-refractivity contribution is 6.30. The first-order chi connectivity index (χ1) is 21.7. The summed E-state index contributed by atoms with van der Waals surface area (Å²) in [7, 11) is 0. The second kappa shape index (κ2) is 16.7. The lowest BCUT2D eigenvalue weighted by molar-refractivity contribution is 0.137. The minimum Gasteiger partial charge on any atom is -0.380 e. The molecule has 2 aromatic rings. The molecule has 4 rings (SSSR count). The lowest BCUT2D eigenvalue weighted by atomic mass is 9.59. The van der Waals surface area contributed by atoms with Gasteiger partial charge in [-0.2, -0.15) is 0 Å². The van der Waals surface area contributed by atoms with E-state index < -0.39 is 0 Å². The number of fused-ring (bicyclic) bond motifs is 2. The topological polar surface area (TPSA) is 12.0 Å². The summed E-state index contributed by atoms with van der Waals surface area (Å²) in [5.74, 6) is 1.22. The maximum Gasteiger partial charge on any atom is 0.126 e. The Morgan fingerprint density at radius 2 is 1.80 bits per heavy atom. The van der Waals surface area contributed by atoms with Gasteiger partial charge in [0.25, 0.3) is 0 Å². The molecule has 2 aliphatic rings. The van der Waals surface area contributed by atoms with E-state index >= 15 is 4.39 Å². The summed E-state index contributed by atoms with van der Waals surface area (Å²) < 4.78 is 15.3. The van der Waals surface area contributed by atoms with Crippen molar-refractivity contribution in [3.63, 3.8) is 0 Å². The van der Waals surface area contributed by atoms with Gasteiger partial charge >= 0.3 is 0 Å². The Morgan fingerprint density at radius 3 is 2.47 bits per heavy atom. The van der Waals surface area contributed by atoms with Gasteiger partial charge in [-0.3, -0.25) is 0 Å². The van der Waals surface area contributed by atoms with Gasteiger partial charge in [0.2, 0.25) is 0 Å². The number of unbranched alkanes of at least 4 members (excludes halogenated alkanes) is 2. The number of benzene rings is 2. The van der Waals surface area contributed by atoms with Crippen molar-refractivity contribution in [2.24, 2.45) is 11.8 Å². The molecule has 0 amide bonds. The van der Waals surface area contributed by atoms with Gasteiger partial charge in [0.1, 0.15) is 5.82 Å². The van der Waals surface area contributed by atoms with Crippen LogP contribution >= 0.6 is 11.6 Å². The lowest BCUT2D eigenvalue weighted by Crippen LogP contribution is -2.48. The highest BCUT2D eigenvalue weighted by Gasteiger charge is 2.51. The minimum absolute atomic E-state index is 0.0119. The summed E-state index contributed by atoms with van der Waals surface area (Å²) in [6.45, 7) is 13.7. The smallest absolute Gasteiger partial charge is 0.126 e. The normalized spacial score (nSPS) is 24.2. The van der Waals surface area contributed by atoms with Gasteiger partial charge in [0.15, 0.2) is 0 Å². The summed E-state index contributed by atoms with van der Waals surface area (Å²) in [5, 5.41) is 4.76. The zero-order valence-corrected chi connectivity index (χ0v) is 30.1. The van der Waals surface area contributed by atoms with Crippen LogP contribution < -0.4 is 5.32 Å². The Balaban J connectivity index is 1.57. The summed E-state index contributed by atoms with van der Waals surface area (Å²) in [6, 6.07) is 12.5. The molecule has 1 fully saturated rings. The Hall–Kier alpha value is -2.06. The average Bonchev–Trinajstić information content (AvgIpc) is 3.28. The van der Waals surface area contributed by atoms with E-state index in [1.165, 1.54) is 62.5 Å². The zero-order valence-electron chi connectivity index (χ0n) is 29.3. The Morgan fingerprint density at radius 1 is 1.02 bits per heavy atom. The first kappa shape index (κ1) is 35.8. The maximum absolute atomic E-state index is 15.3. The van der Waals surface area contributed by atoms with E-state index in [9.17, 15) is 0 Å². The quantitative estimate of drug-likeness (QED) is 0.143. The van der Waals surface area contributed by atoms with E-state index in [1.807, 2.05) is 18.2 Å². The third kappa shape index (κ3) is 8.85. The third-order valence-electron chi connectivity index (χ3n) is 11.3. The van der Waals surface area contributed by atoms with Crippen molar-refractivity contribution in [2.45, 2.75) is 155 Å². The molecule has 0 bridgehead atoms. The summed E-state index contributed by atoms with van der Waals surface area (Å²) in [4.78, 5) is 0. The van der Waals surface area contributed by atoms with E-state index in [4.69, 9.17) is 11.6 Å². The van der Waals surface area contributed by atoms with Crippen molar-refractivity contribution in [3.05, 3.63) is 87.2 Å². The fourth-order valence-corrected chi connectivity index (χ4v) is 9.02. The molecule has 2 aromatic carbocycles. The van der Waals surface area contributed by atoms with Gasteiger partial charge in [-0.15, -0.1) is 0 Å². The van der Waals surface area contributed by atoms with Gasteiger partial charge in [-0.25, -0.2) is 4.39 Å². The Labute approximate surface area is 280 Å². The predicted molar refractivity (Wildman–Crippen MR) is 195 cm³/mol. The van der Waals surface area contributed by atoms with Gasteiger partial charge in [0, 0.05) is 16.2 Å². The van der Waals surface area contributed by atoms with Crippen molar-refractivity contribution in [2.75, 3.05) is 5.32 Å². The lowest BCUT2D eigenvalue weighted by Gasteiger charge is -2.49. The second-order valence-electron chi connectivity index (χ2n) is 14.7. The molecule has 0 aliphatic heterocycles. The van der Waals surface area contributed by atoms with Crippen LogP contribution in [0, 0.1) is 17.7 Å². The third-order valence-corrected chi connectivity index (χ3v) is 11.5. The van der Waals surface area contributed by atoms with Crippen LogP contribution in [0.15, 0.2) is 59.7 Å². The van der Waals surface area contributed by atoms with E-state index in [0.717, 1.165) is 67.6 Å². The predicted octanol–water partition coefficient (Wildman–Crippen LogP) is 13.3. The van der Waals surface area contributed by atoms with Crippen molar-refractivity contribution in [1.29, 1.82) is 0 Å². The van der Waals surface area contributed by atoms with Crippen LogP contribution in [0.1, 0.15) is 148 Å². The Kier molecular flexibility index (Phi) is 13.3. The fraction of sp³-hybridized carbons (Fsp3) is 0.619. The van der Waals surface area contributed by atoms with Gasteiger partial charge in [-0.1, -0.05) is 94.8 Å². The minimum atomic E-state index is 0.0119. The largest absolute Gasteiger partial charge is 0.380 e. The van der Waals surface area contributed by atoms with E-state index in [2.05, 4.69) is 77.2 Å². The van der Waals surface area contributed by atoms with Crippen LogP contribution in [-0.2, 0) is 18.3 Å². The van der Waals surface area contributed by atoms with E-state index in [0.29, 0.717) is 11.8 Å². The average molecular weight is 634 g/mol. The molecule has 2 atom stereocenters. The number of anilines is 1. The molecular formula is C42H61ClFN. The van der Waals surface area contributed by atoms with Crippen LogP contribution in [0.25, 0.3) is 0 Å². The fourth-order valence-electron chi connectivity index (χ4n) is 8.83. The molecule has 2 aliphatic carbocycles. The monoisotopic (exact) mass is 633 g/mol. The molecular weight excluding hydrogens is 573 g/mol. The molecule has 248 valence electrons. The molecule has 2 unspecified atom stereocenters. The second-order valence-corrected chi connectivity index (χ2v) is 15.2. The highest BCUT2D eigenvalue weighted by atomic mass is 35.5.